The molecular weight excluding hydrogens is 334 g/mol. The Hall–Kier alpha value is -2.57. The number of rotatable bonds is 2. The summed E-state index contributed by atoms with van der Waals surface area (Å²) in [5, 5.41) is 8.43. The lowest BCUT2D eigenvalue weighted by Gasteiger charge is -2.35. The Morgan fingerprint density at radius 1 is 1.19 bits per heavy atom. The number of carbonyl (C=O) groups is 1. The molecule has 2 aromatic rings. The van der Waals surface area contributed by atoms with Crippen molar-refractivity contribution in [3.8, 4) is 23.0 Å². The van der Waals surface area contributed by atoms with Gasteiger partial charge in [-0.25, -0.2) is 0 Å². The van der Waals surface area contributed by atoms with E-state index >= 15 is 0 Å². The molecule has 2 aliphatic heterocycles. The van der Waals surface area contributed by atoms with Crippen LogP contribution in [-0.4, -0.2) is 40.9 Å². The fraction of sp³-hybridized carbons (Fsp3) is 0.526. The van der Waals surface area contributed by atoms with Crippen molar-refractivity contribution in [1.29, 1.82) is 0 Å². The summed E-state index contributed by atoms with van der Waals surface area (Å²) in [5.74, 6) is 2.68. The average molecular weight is 357 g/mol. The molecule has 1 aromatic carbocycles. The van der Waals surface area contributed by atoms with Gasteiger partial charge in [-0.3, -0.25) is 4.79 Å². The highest BCUT2D eigenvalue weighted by molar-refractivity contribution is 5.81. The number of likely N-dealkylation sites (tertiary alicyclic amines) is 1. The molecule has 0 saturated carbocycles. The Balaban J connectivity index is 1.52. The third-order valence-corrected chi connectivity index (χ3v) is 4.76. The lowest BCUT2D eigenvalue weighted by atomic mass is 9.91. The van der Waals surface area contributed by atoms with Crippen molar-refractivity contribution < 1.29 is 18.7 Å². The predicted octanol–water partition coefficient (Wildman–Crippen LogP) is 3.22. The van der Waals surface area contributed by atoms with E-state index < -0.39 is 0 Å². The van der Waals surface area contributed by atoms with Gasteiger partial charge < -0.3 is 18.8 Å². The molecule has 4 rings (SSSR count). The van der Waals surface area contributed by atoms with Gasteiger partial charge in [0.25, 0.3) is 0 Å². The zero-order valence-corrected chi connectivity index (χ0v) is 15.3. The van der Waals surface area contributed by atoms with Crippen molar-refractivity contribution in [2.24, 2.45) is 5.41 Å². The molecule has 1 saturated heterocycles. The number of carbonyl (C=O) groups excluding carboxylic acids is 1. The smallest absolute Gasteiger partial charge is 0.247 e. The molecule has 1 aromatic heterocycles. The van der Waals surface area contributed by atoms with Crippen molar-refractivity contribution in [3.63, 3.8) is 0 Å². The van der Waals surface area contributed by atoms with Crippen molar-refractivity contribution >= 4 is 5.91 Å². The van der Waals surface area contributed by atoms with Gasteiger partial charge in [-0.15, -0.1) is 10.2 Å². The number of benzene rings is 1. The quantitative estimate of drug-likeness (QED) is 0.821. The second-order valence-electron chi connectivity index (χ2n) is 7.85. The van der Waals surface area contributed by atoms with E-state index in [1.807, 2.05) is 43.9 Å². The topological polar surface area (TPSA) is 77.7 Å². The van der Waals surface area contributed by atoms with Crippen LogP contribution in [0.1, 0.15) is 45.4 Å². The van der Waals surface area contributed by atoms with E-state index in [0.29, 0.717) is 24.1 Å². The summed E-state index contributed by atoms with van der Waals surface area (Å²) in [4.78, 5) is 14.5. The molecular formula is C19H23N3O4. The summed E-state index contributed by atoms with van der Waals surface area (Å²) in [5.41, 5.74) is 0.417. The third kappa shape index (κ3) is 3.13. The van der Waals surface area contributed by atoms with Gasteiger partial charge in [-0.1, -0.05) is 20.8 Å². The zero-order chi connectivity index (χ0) is 18.3. The van der Waals surface area contributed by atoms with Gasteiger partial charge in [0.15, 0.2) is 11.5 Å². The van der Waals surface area contributed by atoms with E-state index in [0.717, 1.165) is 30.7 Å². The summed E-state index contributed by atoms with van der Waals surface area (Å²) < 4.78 is 16.7. The summed E-state index contributed by atoms with van der Waals surface area (Å²) >= 11 is 0. The number of aromatic nitrogens is 2. The summed E-state index contributed by atoms with van der Waals surface area (Å²) in [6, 6.07) is 5.56. The standard InChI is InChI=1S/C19H23N3O4/c1-19(2,3)18(23)22-8-4-5-13(10-22)17-21-20-16(26-17)12-6-7-14-15(9-12)25-11-24-14/h6-7,9,13H,4-5,8,10-11H2,1-3H3. The highest BCUT2D eigenvalue weighted by Crippen LogP contribution is 2.36. The fourth-order valence-corrected chi connectivity index (χ4v) is 3.38. The Bertz CT molecular complexity index is 824. The molecule has 2 aliphatic rings. The van der Waals surface area contributed by atoms with E-state index in [9.17, 15) is 4.79 Å². The van der Waals surface area contributed by atoms with Crippen LogP contribution in [-0.2, 0) is 4.79 Å². The van der Waals surface area contributed by atoms with Crippen LogP contribution < -0.4 is 9.47 Å². The van der Waals surface area contributed by atoms with Crippen molar-refractivity contribution in [3.05, 3.63) is 24.1 Å². The van der Waals surface area contributed by atoms with Crippen LogP contribution in [0.15, 0.2) is 22.6 Å². The van der Waals surface area contributed by atoms with Gasteiger partial charge in [0.05, 0.1) is 5.92 Å². The SMILES string of the molecule is CC(C)(C)C(=O)N1CCCC(c2nnc(-c3ccc4c(c3)OCO4)o2)C1. The lowest BCUT2D eigenvalue weighted by Crippen LogP contribution is -2.44. The zero-order valence-electron chi connectivity index (χ0n) is 15.3. The first-order valence-electron chi connectivity index (χ1n) is 8.94. The average Bonchev–Trinajstić information content (AvgIpc) is 3.29. The van der Waals surface area contributed by atoms with Crippen molar-refractivity contribution in [2.75, 3.05) is 19.9 Å². The van der Waals surface area contributed by atoms with E-state index in [2.05, 4.69) is 10.2 Å². The van der Waals surface area contributed by atoms with Crippen LogP contribution in [0, 0.1) is 5.41 Å². The van der Waals surface area contributed by atoms with E-state index in [1.54, 1.807) is 0 Å². The molecule has 1 amide bonds. The van der Waals surface area contributed by atoms with Gasteiger partial charge in [-0.05, 0) is 31.0 Å². The minimum Gasteiger partial charge on any atom is -0.454 e. The molecule has 1 unspecified atom stereocenters. The van der Waals surface area contributed by atoms with Crippen LogP contribution in [0.25, 0.3) is 11.5 Å². The van der Waals surface area contributed by atoms with Gasteiger partial charge in [-0.2, -0.15) is 0 Å². The number of hydrogen-bond acceptors (Lipinski definition) is 6. The molecule has 7 nitrogen and oxygen atoms in total. The van der Waals surface area contributed by atoms with E-state index in [-0.39, 0.29) is 24.0 Å². The Labute approximate surface area is 152 Å². The summed E-state index contributed by atoms with van der Waals surface area (Å²) in [6.07, 6.45) is 1.88. The van der Waals surface area contributed by atoms with Crippen LogP contribution in [0.3, 0.4) is 0 Å². The minimum absolute atomic E-state index is 0.0744. The van der Waals surface area contributed by atoms with Gasteiger partial charge in [0, 0.05) is 24.1 Å². The molecule has 0 N–H and O–H groups in total. The first-order valence-corrected chi connectivity index (χ1v) is 8.94. The van der Waals surface area contributed by atoms with Crippen molar-refractivity contribution in [2.45, 2.75) is 39.5 Å². The molecule has 0 radical (unpaired) electrons. The largest absolute Gasteiger partial charge is 0.454 e. The normalized spacial score (nSPS) is 19.7. The number of fused-ring (bicyclic) bond motifs is 1. The maximum Gasteiger partial charge on any atom is 0.247 e. The highest BCUT2D eigenvalue weighted by atomic mass is 16.7. The summed E-state index contributed by atoms with van der Waals surface area (Å²) in [6.45, 7) is 7.48. The molecule has 7 heteroatoms. The third-order valence-electron chi connectivity index (χ3n) is 4.76. The number of nitrogens with zero attached hydrogens (tertiary/aromatic N) is 3. The molecule has 1 atom stereocenters. The van der Waals surface area contributed by atoms with Gasteiger partial charge >= 0.3 is 0 Å². The van der Waals surface area contributed by atoms with Gasteiger partial charge in [0.1, 0.15) is 0 Å². The molecule has 1 fully saturated rings. The molecule has 0 spiro atoms. The first kappa shape index (κ1) is 16.9. The van der Waals surface area contributed by atoms with Crippen LogP contribution >= 0.6 is 0 Å². The van der Waals surface area contributed by atoms with Crippen LogP contribution in [0.5, 0.6) is 11.5 Å². The lowest BCUT2D eigenvalue weighted by molar-refractivity contribution is -0.140. The second kappa shape index (κ2) is 6.30. The second-order valence-corrected chi connectivity index (χ2v) is 7.85. The van der Waals surface area contributed by atoms with E-state index in [1.165, 1.54) is 0 Å². The monoisotopic (exact) mass is 357 g/mol. The molecule has 138 valence electrons. The van der Waals surface area contributed by atoms with Crippen LogP contribution in [0.2, 0.25) is 0 Å². The Morgan fingerprint density at radius 2 is 2.00 bits per heavy atom. The number of ether oxygens (including phenoxy) is 2. The predicted molar refractivity (Wildman–Crippen MR) is 93.9 cm³/mol. The Kier molecular flexibility index (Phi) is 4.09. The fourth-order valence-electron chi connectivity index (χ4n) is 3.38. The molecule has 0 aliphatic carbocycles. The van der Waals surface area contributed by atoms with Crippen molar-refractivity contribution in [1.82, 2.24) is 15.1 Å². The molecule has 26 heavy (non-hydrogen) atoms. The molecule has 0 bridgehead atoms. The summed E-state index contributed by atoms with van der Waals surface area (Å²) in [7, 11) is 0. The first-order chi connectivity index (χ1) is 12.4. The van der Waals surface area contributed by atoms with E-state index in [4.69, 9.17) is 13.9 Å². The highest BCUT2D eigenvalue weighted by Gasteiger charge is 2.33. The number of hydrogen-bond donors (Lipinski definition) is 0. The number of piperidine rings is 1. The van der Waals surface area contributed by atoms with Gasteiger partial charge in [0.2, 0.25) is 24.5 Å². The maximum atomic E-state index is 12.6. The maximum absolute atomic E-state index is 12.6. The Morgan fingerprint density at radius 3 is 2.81 bits per heavy atom. The van der Waals surface area contributed by atoms with Crippen LogP contribution in [0.4, 0.5) is 0 Å². The number of amides is 1. The minimum atomic E-state index is -0.381. The molecule has 3 heterocycles.